The largest absolute Gasteiger partial charge is 0.479 e. The first-order chi connectivity index (χ1) is 8.22. The van der Waals surface area contributed by atoms with Crippen molar-refractivity contribution in [2.24, 2.45) is 0 Å². The summed E-state index contributed by atoms with van der Waals surface area (Å²) in [6, 6.07) is 0. The smallest absolute Gasteiger partial charge is 0.335 e. The Morgan fingerprint density at radius 3 is 2.06 bits per heavy atom. The van der Waals surface area contributed by atoms with Gasteiger partial charge in [-0.1, -0.05) is 51.9 Å². The number of aliphatic hydroxyl groups is 1. The summed E-state index contributed by atoms with van der Waals surface area (Å²) in [6.07, 6.45) is 8.53. The van der Waals surface area contributed by atoms with Crippen LogP contribution in [0.3, 0.4) is 0 Å². The van der Waals surface area contributed by atoms with Gasteiger partial charge in [-0.2, -0.15) is 0 Å². The van der Waals surface area contributed by atoms with Crippen molar-refractivity contribution in [3.05, 3.63) is 0 Å². The van der Waals surface area contributed by atoms with Crippen molar-refractivity contribution < 1.29 is 19.7 Å². The van der Waals surface area contributed by atoms with Crippen molar-refractivity contribution in [3.63, 3.8) is 0 Å². The minimum Gasteiger partial charge on any atom is -0.479 e. The van der Waals surface area contributed by atoms with Gasteiger partial charge in [-0.05, 0) is 6.42 Å². The highest BCUT2D eigenvalue weighted by atomic mass is 16.5. The minimum absolute atomic E-state index is 0.423. The molecule has 0 aliphatic rings. The van der Waals surface area contributed by atoms with E-state index in [2.05, 4.69) is 6.92 Å². The molecule has 17 heavy (non-hydrogen) atoms. The lowest BCUT2D eigenvalue weighted by molar-refractivity contribution is -0.153. The fraction of sp³-hybridized carbons (Fsp3) is 0.923. The van der Waals surface area contributed by atoms with E-state index in [1.807, 2.05) is 0 Å². The molecule has 0 bridgehead atoms. The molecule has 0 amide bonds. The van der Waals surface area contributed by atoms with E-state index in [9.17, 15) is 4.79 Å². The van der Waals surface area contributed by atoms with Crippen LogP contribution in [0.15, 0.2) is 0 Å². The number of carboxylic acids is 1. The molecular weight excluding hydrogens is 220 g/mol. The van der Waals surface area contributed by atoms with Gasteiger partial charge in [-0.15, -0.1) is 0 Å². The highest BCUT2D eigenvalue weighted by molar-refractivity contribution is 5.72. The molecular formula is C13H26O4. The standard InChI is InChI=1S/C13H26O4/c1-2-3-4-5-6-7-8-9-10-17-12(11-14)13(15)16/h12,14H,2-11H2,1H3,(H,15,16). The van der Waals surface area contributed by atoms with Gasteiger partial charge >= 0.3 is 5.97 Å². The molecule has 0 heterocycles. The van der Waals surface area contributed by atoms with E-state index in [1.54, 1.807) is 0 Å². The molecule has 0 radical (unpaired) electrons. The third-order valence-corrected chi connectivity index (χ3v) is 2.76. The molecule has 4 nitrogen and oxygen atoms in total. The number of unbranched alkanes of at least 4 members (excludes halogenated alkanes) is 7. The highest BCUT2D eigenvalue weighted by Crippen LogP contribution is 2.08. The molecule has 0 aromatic rings. The van der Waals surface area contributed by atoms with E-state index >= 15 is 0 Å². The summed E-state index contributed by atoms with van der Waals surface area (Å²) in [5.41, 5.74) is 0. The lowest BCUT2D eigenvalue weighted by Gasteiger charge is -2.10. The number of hydrogen-bond donors (Lipinski definition) is 2. The first-order valence-corrected chi connectivity index (χ1v) is 6.67. The van der Waals surface area contributed by atoms with Crippen molar-refractivity contribution in [2.75, 3.05) is 13.2 Å². The lowest BCUT2D eigenvalue weighted by atomic mass is 10.1. The fourth-order valence-corrected chi connectivity index (χ4v) is 1.66. The van der Waals surface area contributed by atoms with E-state index in [1.165, 1.54) is 38.5 Å². The van der Waals surface area contributed by atoms with Crippen LogP contribution in [-0.4, -0.2) is 35.5 Å². The molecule has 0 saturated carbocycles. The maximum absolute atomic E-state index is 10.5. The topological polar surface area (TPSA) is 66.8 Å². The predicted molar refractivity (Wildman–Crippen MR) is 67.1 cm³/mol. The number of aliphatic hydroxyl groups excluding tert-OH is 1. The van der Waals surface area contributed by atoms with E-state index in [-0.39, 0.29) is 0 Å². The average molecular weight is 246 g/mol. The normalized spacial score (nSPS) is 12.6. The van der Waals surface area contributed by atoms with Crippen LogP contribution in [0.4, 0.5) is 0 Å². The number of rotatable bonds is 12. The van der Waals surface area contributed by atoms with E-state index in [4.69, 9.17) is 14.9 Å². The Morgan fingerprint density at radius 1 is 1.06 bits per heavy atom. The molecule has 0 spiro atoms. The molecule has 0 saturated heterocycles. The Bertz CT molecular complexity index is 182. The molecule has 4 heteroatoms. The summed E-state index contributed by atoms with van der Waals surface area (Å²) >= 11 is 0. The molecule has 0 fully saturated rings. The number of carboxylic acid groups (broad SMARTS) is 1. The number of aliphatic carboxylic acids is 1. The summed E-state index contributed by atoms with van der Waals surface area (Å²) in [4.78, 5) is 10.5. The fourth-order valence-electron chi connectivity index (χ4n) is 1.66. The molecule has 1 atom stereocenters. The van der Waals surface area contributed by atoms with Gasteiger partial charge in [0, 0.05) is 6.61 Å². The van der Waals surface area contributed by atoms with E-state index < -0.39 is 18.7 Å². The van der Waals surface area contributed by atoms with Gasteiger partial charge < -0.3 is 14.9 Å². The average Bonchev–Trinajstić information content (AvgIpc) is 2.31. The van der Waals surface area contributed by atoms with Crippen LogP contribution in [0.5, 0.6) is 0 Å². The second-order valence-corrected chi connectivity index (χ2v) is 4.36. The lowest BCUT2D eigenvalue weighted by Crippen LogP contribution is -2.28. The van der Waals surface area contributed by atoms with Crippen LogP contribution in [0, 0.1) is 0 Å². The van der Waals surface area contributed by atoms with Crippen molar-refractivity contribution in [1.29, 1.82) is 0 Å². The monoisotopic (exact) mass is 246 g/mol. The number of ether oxygens (including phenoxy) is 1. The van der Waals surface area contributed by atoms with Crippen LogP contribution in [0.25, 0.3) is 0 Å². The van der Waals surface area contributed by atoms with Crippen LogP contribution in [0.1, 0.15) is 58.3 Å². The number of hydrogen-bond acceptors (Lipinski definition) is 3. The Kier molecular flexibility index (Phi) is 11.4. The summed E-state index contributed by atoms with van der Waals surface area (Å²) in [5.74, 6) is -1.09. The van der Waals surface area contributed by atoms with Crippen LogP contribution < -0.4 is 0 Å². The summed E-state index contributed by atoms with van der Waals surface area (Å²) in [5, 5.41) is 17.3. The molecule has 0 aromatic heterocycles. The molecule has 0 aliphatic carbocycles. The van der Waals surface area contributed by atoms with Crippen molar-refractivity contribution >= 4 is 5.97 Å². The number of carbonyl (C=O) groups is 1. The molecule has 0 rings (SSSR count). The van der Waals surface area contributed by atoms with Gasteiger partial charge in [-0.25, -0.2) is 4.79 Å². The van der Waals surface area contributed by atoms with Gasteiger partial charge in [0.1, 0.15) is 0 Å². The molecule has 0 aliphatic heterocycles. The van der Waals surface area contributed by atoms with E-state index in [0.717, 1.165) is 12.8 Å². The quantitative estimate of drug-likeness (QED) is 0.519. The van der Waals surface area contributed by atoms with Gasteiger partial charge in [0.15, 0.2) is 6.10 Å². The molecule has 1 unspecified atom stereocenters. The summed E-state index contributed by atoms with van der Waals surface area (Å²) < 4.78 is 5.05. The van der Waals surface area contributed by atoms with Crippen molar-refractivity contribution in [3.8, 4) is 0 Å². The Morgan fingerprint density at radius 2 is 1.59 bits per heavy atom. The SMILES string of the molecule is CCCCCCCCCCOC(CO)C(=O)O. The molecule has 102 valence electrons. The third-order valence-electron chi connectivity index (χ3n) is 2.76. The minimum atomic E-state index is -1.09. The summed E-state index contributed by atoms with van der Waals surface area (Å²) in [6.45, 7) is 2.18. The Labute approximate surface area is 104 Å². The zero-order chi connectivity index (χ0) is 12.9. The maximum atomic E-state index is 10.5. The van der Waals surface area contributed by atoms with Crippen molar-refractivity contribution in [2.45, 2.75) is 64.4 Å². The van der Waals surface area contributed by atoms with E-state index in [0.29, 0.717) is 6.61 Å². The zero-order valence-corrected chi connectivity index (χ0v) is 10.9. The summed E-state index contributed by atoms with van der Waals surface area (Å²) in [7, 11) is 0. The molecule has 0 aromatic carbocycles. The Hall–Kier alpha value is -0.610. The zero-order valence-electron chi connectivity index (χ0n) is 10.9. The maximum Gasteiger partial charge on any atom is 0.335 e. The second kappa shape index (κ2) is 11.9. The van der Waals surface area contributed by atoms with Crippen LogP contribution >= 0.6 is 0 Å². The van der Waals surface area contributed by atoms with Crippen molar-refractivity contribution in [1.82, 2.24) is 0 Å². The Balaban J connectivity index is 3.20. The first-order valence-electron chi connectivity index (χ1n) is 6.67. The first kappa shape index (κ1) is 16.4. The van der Waals surface area contributed by atoms with Crippen LogP contribution in [0.2, 0.25) is 0 Å². The predicted octanol–water partition coefficient (Wildman–Crippen LogP) is 2.59. The second-order valence-electron chi connectivity index (χ2n) is 4.36. The molecule has 2 N–H and O–H groups in total. The van der Waals surface area contributed by atoms with Gasteiger partial charge in [0.25, 0.3) is 0 Å². The highest BCUT2D eigenvalue weighted by Gasteiger charge is 2.15. The van der Waals surface area contributed by atoms with Gasteiger partial charge in [-0.3, -0.25) is 0 Å². The van der Waals surface area contributed by atoms with Crippen LogP contribution in [-0.2, 0) is 9.53 Å². The van der Waals surface area contributed by atoms with Gasteiger partial charge in [0.05, 0.1) is 6.61 Å². The third kappa shape index (κ3) is 10.3. The van der Waals surface area contributed by atoms with Gasteiger partial charge in [0.2, 0.25) is 0 Å².